The van der Waals surface area contributed by atoms with E-state index in [4.69, 9.17) is 0 Å². The van der Waals surface area contributed by atoms with Crippen LogP contribution in [-0.4, -0.2) is 5.11 Å². The molecule has 0 aliphatic heterocycles. The van der Waals surface area contributed by atoms with Crippen molar-refractivity contribution in [3.63, 3.8) is 0 Å². The number of aryl methyl sites for hydroxylation is 1. The van der Waals surface area contributed by atoms with Crippen molar-refractivity contribution in [3.8, 4) is 0 Å². The second-order valence-electron chi connectivity index (χ2n) is 4.94. The van der Waals surface area contributed by atoms with Gasteiger partial charge in [-0.05, 0) is 42.2 Å². The molecule has 1 nitrogen and oxygen atoms in total. The molecule has 1 unspecified atom stereocenters. The van der Waals surface area contributed by atoms with Gasteiger partial charge in [0.05, 0.1) is 0 Å². The fraction of sp³-hybridized carbons (Fsp3) is 0.294. The van der Waals surface area contributed by atoms with Gasteiger partial charge in [-0.15, -0.1) is 0 Å². The van der Waals surface area contributed by atoms with Gasteiger partial charge in [0, 0.05) is 0 Å². The molecule has 100 valence electrons. The third kappa shape index (κ3) is 2.69. The van der Waals surface area contributed by atoms with E-state index in [2.05, 4.69) is 0 Å². The maximum absolute atomic E-state index is 13.2. The van der Waals surface area contributed by atoms with Crippen LogP contribution in [0.25, 0.3) is 0 Å². The molecule has 1 atom stereocenters. The van der Waals surface area contributed by atoms with Crippen molar-refractivity contribution >= 4 is 0 Å². The SMILES string of the molecule is CCCC(O)(c1ccccc1)c1ccc(F)cc1C. The minimum Gasteiger partial charge on any atom is -0.380 e. The average Bonchev–Trinajstić information content (AvgIpc) is 2.39. The monoisotopic (exact) mass is 258 g/mol. The van der Waals surface area contributed by atoms with Crippen LogP contribution in [0, 0.1) is 12.7 Å². The van der Waals surface area contributed by atoms with Gasteiger partial charge < -0.3 is 5.11 Å². The fourth-order valence-electron chi connectivity index (χ4n) is 2.60. The Morgan fingerprint density at radius 3 is 2.37 bits per heavy atom. The molecule has 1 N–H and O–H groups in total. The first-order chi connectivity index (χ1) is 9.08. The summed E-state index contributed by atoms with van der Waals surface area (Å²) in [5.74, 6) is -0.270. The highest BCUT2D eigenvalue weighted by atomic mass is 19.1. The molecular weight excluding hydrogens is 239 g/mol. The maximum atomic E-state index is 13.2. The van der Waals surface area contributed by atoms with Crippen LogP contribution in [0.15, 0.2) is 48.5 Å². The molecule has 0 aromatic heterocycles. The number of benzene rings is 2. The van der Waals surface area contributed by atoms with Crippen LogP contribution in [0.4, 0.5) is 4.39 Å². The zero-order valence-corrected chi connectivity index (χ0v) is 11.4. The van der Waals surface area contributed by atoms with E-state index >= 15 is 0 Å². The standard InChI is InChI=1S/C17H19FO/c1-3-11-17(19,14-7-5-4-6-8-14)16-10-9-15(18)12-13(16)2/h4-10,12,19H,3,11H2,1-2H3. The third-order valence-corrected chi connectivity index (χ3v) is 3.50. The van der Waals surface area contributed by atoms with E-state index in [1.54, 1.807) is 6.07 Å². The molecule has 0 radical (unpaired) electrons. The van der Waals surface area contributed by atoms with E-state index in [9.17, 15) is 9.50 Å². The maximum Gasteiger partial charge on any atom is 0.123 e. The van der Waals surface area contributed by atoms with Crippen molar-refractivity contribution in [1.82, 2.24) is 0 Å². The summed E-state index contributed by atoms with van der Waals surface area (Å²) in [4.78, 5) is 0. The Hall–Kier alpha value is -1.67. The highest BCUT2D eigenvalue weighted by Crippen LogP contribution is 2.35. The highest BCUT2D eigenvalue weighted by molar-refractivity contribution is 5.40. The number of halogens is 1. The first kappa shape index (κ1) is 13.8. The zero-order valence-electron chi connectivity index (χ0n) is 11.4. The van der Waals surface area contributed by atoms with Crippen molar-refractivity contribution in [2.45, 2.75) is 32.3 Å². The molecule has 2 aromatic carbocycles. The molecule has 2 rings (SSSR count). The predicted molar refractivity (Wildman–Crippen MR) is 75.5 cm³/mol. The van der Waals surface area contributed by atoms with Crippen LogP contribution in [-0.2, 0) is 5.60 Å². The molecule has 0 aliphatic rings. The summed E-state index contributed by atoms with van der Waals surface area (Å²) in [6, 6.07) is 14.1. The molecule has 0 heterocycles. The Labute approximate surface area is 113 Å². The van der Waals surface area contributed by atoms with Crippen LogP contribution in [0.3, 0.4) is 0 Å². The lowest BCUT2D eigenvalue weighted by molar-refractivity contribution is 0.0694. The Morgan fingerprint density at radius 1 is 1.11 bits per heavy atom. The van der Waals surface area contributed by atoms with Crippen LogP contribution < -0.4 is 0 Å². The van der Waals surface area contributed by atoms with Gasteiger partial charge in [-0.1, -0.05) is 49.7 Å². The molecule has 2 aromatic rings. The topological polar surface area (TPSA) is 20.2 Å². The minimum absolute atomic E-state index is 0.270. The summed E-state index contributed by atoms with van der Waals surface area (Å²) in [6.07, 6.45) is 1.46. The summed E-state index contributed by atoms with van der Waals surface area (Å²) >= 11 is 0. The number of hydrogen-bond acceptors (Lipinski definition) is 1. The Bertz CT molecular complexity index is 550. The molecule has 0 saturated heterocycles. The molecule has 0 fully saturated rings. The van der Waals surface area contributed by atoms with Gasteiger partial charge in [-0.25, -0.2) is 4.39 Å². The molecule has 0 saturated carbocycles. The highest BCUT2D eigenvalue weighted by Gasteiger charge is 2.31. The van der Waals surface area contributed by atoms with Crippen LogP contribution in [0.5, 0.6) is 0 Å². The van der Waals surface area contributed by atoms with E-state index in [1.165, 1.54) is 12.1 Å². The lowest BCUT2D eigenvalue weighted by Gasteiger charge is -2.30. The van der Waals surface area contributed by atoms with Gasteiger partial charge >= 0.3 is 0 Å². The van der Waals surface area contributed by atoms with E-state index in [-0.39, 0.29) is 5.82 Å². The predicted octanol–water partition coefficient (Wildman–Crippen LogP) is 4.17. The number of rotatable bonds is 4. The Balaban J connectivity index is 2.56. The van der Waals surface area contributed by atoms with Crippen molar-refractivity contribution in [1.29, 1.82) is 0 Å². The van der Waals surface area contributed by atoms with E-state index < -0.39 is 5.60 Å². The van der Waals surface area contributed by atoms with Crippen LogP contribution in [0.2, 0.25) is 0 Å². The van der Waals surface area contributed by atoms with Gasteiger partial charge in [0.15, 0.2) is 0 Å². The molecule has 0 amide bonds. The lowest BCUT2D eigenvalue weighted by Crippen LogP contribution is -2.28. The molecule has 0 spiro atoms. The van der Waals surface area contributed by atoms with Gasteiger partial charge in [0.1, 0.15) is 11.4 Å². The largest absolute Gasteiger partial charge is 0.380 e. The molecule has 0 bridgehead atoms. The van der Waals surface area contributed by atoms with Gasteiger partial charge in [-0.2, -0.15) is 0 Å². The normalized spacial score (nSPS) is 14.1. The first-order valence-electron chi connectivity index (χ1n) is 6.62. The smallest absolute Gasteiger partial charge is 0.123 e. The van der Waals surface area contributed by atoms with E-state index in [0.29, 0.717) is 6.42 Å². The number of hydrogen-bond donors (Lipinski definition) is 1. The summed E-state index contributed by atoms with van der Waals surface area (Å²) in [6.45, 7) is 3.87. The average molecular weight is 258 g/mol. The Kier molecular flexibility index (Phi) is 4.01. The van der Waals surface area contributed by atoms with Gasteiger partial charge in [-0.3, -0.25) is 0 Å². The molecular formula is C17H19FO. The van der Waals surface area contributed by atoms with Crippen molar-refractivity contribution in [2.75, 3.05) is 0 Å². The second kappa shape index (κ2) is 5.54. The van der Waals surface area contributed by atoms with Crippen molar-refractivity contribution in [2.24, 2.45) is 0 Å². The third-order valence-electron chi connectivity index (χ3n) is 3.50. The van der Waals surface area contributed by atoms with Gasteiger partial charge in [0.2, 0.25) is 0 Å². The summed E-state index contributed by atoms with van der Waals surface area (Å²) in [5, 5.41) is 11.1. The van der Waals surface area contributed by atoms with Crippen LogP contribution in [0.1, 0.15) is 36.5 Å². The fourth-order valence-corrected chi connectivity index (χ4v) is 2.60. The quantitative estimate of drug-likeness (QED) is 0.872. The second-order valence-corrected chi connectivity index (χ2v) is 4.94. The van der Waals surface area contributed by atoms with E-state index in [1.807, 2.05) is 44.2 Å². The Morgan fingerprint density at radius 2 is 1.79 bits per heavy atom. The summed E-state index contributed by atoms with van der Waals surface area (Å²) < 4.78 is 13.2. The summed E-state index contributed by atoms with van der Waals surface area (Å²) in [7, 11) is 0. The minimum atomic E-state index is -1.05. The van der Waals surface area contributed by atoms with Crippen molar-refractivity contribution < 1.29 is 9.50 Å². The zero-order chi connectivity index (χ0) is 13.9. The molecule has 2 heteroatoms. The van der Waals surface area contributed by atoms with Crippen molar-refractivity contribution in [3.05, 3.63) is 71.0 Å². The summed E-state index contributed by atoms with van der Waals surface area (Å²) in [5.41, 5.74) is 1.36. The molecule has 0 aliphatic carbocycles. The van der Waals surface area contributed by atoms with E-state index in [0.717, 1.165) is 23.1 Å². The number of aliphatic hydroxyl groups is 1. The first-order valence-corrected chi connectivity index (χ1v) is 6.62. The van der Waals surface area contributed by atoms with Gasteiger partial charge in [0.25, 0.3) is 0 Å². The molecule has 19 heavy (non-hydrogen) atoms. The lowest BCUT2D eigenvalue weighted by atomic mass is 9.81. The van der Waals surface area contributed by atoms with Crippen LogP contribution >= 0.6 is 0 Å².